The summed E-state index contributed by atoms with van der Waals surface area (Å²) >= 11 is 6.75. The minimum Gasteiger partial charge on any atom is -0.481 e. The quantitative estimate of drug-likeness (QED) is 0.718. The van der Waals surface area contributed by atoms with Crippen molar-refractivity contribution in [1.29, 1.82) is 0 Å². The molecule has 0 bridgehead atoms. The maximum Gasteiger partial charge on any atom is 0.322 e. The third kappa shape index (κ3) is 6.05. The third-order valence-corrected chi connectivity index (χ3v) is 4.00. The molecular weight excluding hydrogens is 404 g/mol. The first kappa shape index (κ1) is 18.0. The molecule has 0 spiro atoms. The molecule has 21 heavy (non-hydrogen) atoms. The first-order valence-electron chi connectivity index (χ1n) is 6.55. The molecule has 2 N–H and O–H groups in total. The molecule has 0 aliphatic heterocycles. The number of carboxylic acid groups (broad SMARTS) is 1. The number of aliphatic carboxylic acids is 1. The molecule has 0 fully saturated rings. The van der Waals surface area contributed by atoms with Crippen LogP contribution in [0.25, 0.3) is 0 Å². The number of nitrogens with one attached hydrogen (secondary N) is 1. The maximum atomic E-state index is 12.3. The van der Waals surface area contributed by atoms with Crippen LogP contribution in [0, 0.1) is 0 Å². The van der Waals surface area contributed by atoms with Gasteiger partial charge in [-0.05, 0) is 54.4 Å². The number of benzene rings is 1. The van der Waals surface area contributed by atoms with E-state index in [-0.39, 0.29) is 18.5 Å². The zero-order chi connectivity index (χ0) is 16.0. The van der Waals surface area contributed by atoms with Crippen molar-refractivity contribution in [3.63, 3.8) is 0 Å². The Balaban J connectivity index is 2.70. The van der Waals surface area contributed by atoms with E-state index in [0.29, 0.717) is 18.7 Å². The largest absolute Gasteiger partial charge is 0.481 e. The lowest BCUT2D eigenvalue weighted by molar-refractivity contribution is -0.137. The van der Waals surface area contributed by atoms with Crippen molar-refractivity contribution in [3.05, 3.63) is 27.1 Å². The van der Waals surface area contributed by atoms with E-state index in [4.69, 9.17) is 5.11 Å². The second-order valence-corrected chi connectivity index (χ2v) is 6.61. The molecule has 0 unspecified atom stereocenters. The van der Waals surface area contributed by atoms with Gasteiger partial charge in [0.1, 0.15) is 0 Å². The van der Waals surface area contributed by atoms with Crippen LogP contribution in [0.1, 0.15) is 26.7 Å². The molecule has 0 radical (unpaired) electrons. The van der Waals surface area contributed by atoms with Crippen LogP contribution in [0.5, 0.6) is 0 Å². The Kier molecular flexibility index (Phi) is 7.17. The summed E-state index contributed by atoms with van der Waals surface area (Å²) in [6, 6.07) is 5.23. The number of rotatable bonds is 6. The zero-order valence-electron chi connectivity index (χ0n) is 11.9. The van der Waals surface area contributed by atoms with E-state index in [1.165, 1.54) is 0 Å². The summed E-state index contributed by atoms with van der Waals surface area (Å²) in [5, 5.41) is 11.5. The van der Waals surface area contributed by atoms with Gasteiger partial charge in [0.05, 0.1) is 5.69 Å². The SMILES string of the molecule is CC(C)N(CCCC(=O)O)C(=O)Nc1ccc(Br)cc1Br. The van der Waals surface area contributed by atoms with Crippen LogP contribution in [0.15, 0.2) is 27.1 Å². The summed E-state index contributed by atoms with van der Waals surface area (Å²) in [4.78, 5) is 24.5. The molecule has 0 atom stereocenters. The van der Waals surface area contributed by atoms with Crippen molar-refractivity contribution in [2.24, 2.45) is 0 Å². The Morgan fingerprint density at radius 2 is 2.00 bits per heavy atom. The first-order valence-corrected chi connectivity index (χ1v) is 8.14. The van der Waals surface area contributed by atoms with Crippen LogP contribution in [-0.2, 0) is 4.79 Å². The minimum atomic E-state index is -0.852. The first-order chi connectivity index (χ1) is 9.81. The van der Waals surface area contributed by atoms with Gasteiger partial charge >= 0.3 is 12.0 Å². The smallest absolute Gasteiger partial charge is 0.322 e. The van der Waals surface area contributed by atoms with Crippen LogP contribution in [0.2, 0.25) is 0 Å². The van der Waals surface area contributed by atoms with Gasteiger partial charge in [-0.15, -0.1) is 0 Å². The Labute approximate surface area is 141 Å². The van der Waals surface area contributed by atoms with E-state index in [2.05, 4.69) is 37.2 Å². The molecule has 1 aromatic carbocycles. The van der Waals surface area contributed by atoms with E-state index >= 15 is 0 Å². The Morgan fingerprint density at radius 1 is 1.33 bits per heavy atom. The molecule has 0 aromatic heterocycles. The molecule has 0 aliphatic carbocycles. The highest BCUT2D eigenvalue weighted by atomic mass is 79.9. The number of hydrogen-bond donors (Lipinski definition) is 2. The van der Waals surface area contributed by atoms with Crippen LogP contribution >= 0.6 is 31.9 Å². The summed E-state index contributed by atoms with van der Waals surface area (Å²) in [5.74, 6) is -0.852. The van der Waals surface area contributed by atoms with Crippen LogP contribution in [-0.4, -0.2) is 34.6 Å². The fourth-order valence-electron chi connectivity index (χ4n) is 1.77. The van der Waals surface area contributed by atoms with Crippen LogP contribution < -0.4 is 5.32 Å². The van der Waals surface area contributed by atoms with Crippen molar-refractivity contribution in [1.82, 2.24) is 4.90 Å². The van der Waals surface area contributed by atoms with Gasteiger partial charge < -0.3 is 15.3 Å². The van der Waals surface area contributed by atoms with Crippen molar-refractivity contribution in [2.45, 2.75) is 32.7 Å². The van der Waals surface area contributed by atoms with Crippen molar-refractivity contribution in [2.75, 3.05) is 11.9 Å². The maximum absolute atomic E-state index is 12.3. The molecule has 116 valence electrons. The molecule has 2 amide bonds. The van der Waals surface area contributed by atoms with Gasteiger partial charge in [0.25, 0.3) is 0 Å². The standard InChI is InChI=1S/C14H18Br2N2O3/c1-9(2)18(7-3-4-13(19)20)14(21)17-12-6-5-10(15)8-11(12)16/h5-6,8-9H,3-4,7H2,1-2H3,(H,17,21)(H,19,20). The second kappa shape index (κ2) is 8.38. The van der Waals surface area contributed by atoms with Crippen LogP contribution in [0.3, 0.4) is 0 Å². The summed E-state index contributed by atoms with van der Waals surface area (Å²) in [6.45, 7) is 4.21. The number of amides is 2. The average molecular weight is 422 g/mol. The van der Waals surface area contributed by atoms with Crippen molar-refractivity contribution < 1.29 is 14.7 Å². The highest BCUT2D eigenvalue weighted by molar-refractivity contribution is 9.11. The molecule has 0 saturated carbocycles. The highest BCUT2D eigenvalue weighted by Gasteiger charge is 2.18. The van der Waals surface area contributed by atoms with Crippen molar-refractivity contribution in [3.8, 4) is 0 Å². The van der Waals surface area contributed by atoms with E-state index in [9.17, 15) is 9.59 Å². The number of halogens is 2. The summed E-state index contributed by atoms with van der Waals surface area (Å²) in [6.07, 6.45) is 0.487. The Bertz CT molecular complexity index is 521. The monoisotopic (exact) mass is 420 g/mol. The number of carbonyl (C=O) groups excluding carboxylic acids is 1. The zero-order valence-corrected chi connectivity index (χ0v) is 15.1. The normalized spacial score (nSPS) is 10.5. The lowest BCUT2D eigenvalue weighted by Gasteiger charge is -2.27. The van der Waals surface area contributed by atoms with E-state index in [1.54, 1.807) is 11.0 Å². The molecule has 0 aliphatic rings. The van der Waals surface area contributed by atoms with Gasteiger partial charge in [0.2, 0.25) is 0 Å². The molecule has 0 heterocycles. The van der Waals surface area contributed by atoms with Gasteiger partial charge in [-0.1, -0.05) is 15.9 Å². The van der Waals surface area contributed by atoms with E-state index in [1.807, 2.05) is 26.0 Å². The van der Waals surface area contributed by atoms with E-state index in [0.717, 1.165) is 8.95 Å². The summed E-state index contributed by atoms with van der Waals surface area (Å²) in [7, 11) is 0. The molecule has 1 rings (SSSR count). The third-order valence-electron chi connectivity index (χ3n) is 2.85. The predicted molar refractivity (Wildman–Crippen MR) is 89.6 cm³/mol. The molecule has 0 saturated heterocycles. The lowest BCUT2D eigenvalue weighted by Crippen LogP contribution is -2.40. The lowest BCUT2D eigenvalue weighted by atomic mass is 10.2. The summed E-state index contributed by atoms with van der Waals surface area (Å²) < 4.78 is 1.69. The predicted octanol–water partition coefficient (Wildman–Crippen LogP) is 4.32. The second-order valence-electron chi connectivity index (χ2n) is 4.84. The molecular formula is C14H18Br2N2O3. The number of hydrogen-bond acceptors (Lipinski definition) is 2. The number of anilines is 1. The van der Waals surface area contributed by atoms with Crippen LogP contribution in [0.4, 0.5) is 10.5 Å². The number of nitrogens with zero attached hydrogens (tertiary/aromatic N) is 1. The topological polar surface area (TPSA) is 69.6 Å². The average Bonchev–Trinajstić information content (AvgIpc) is 2.37. The highest BCUT2D eigenvalue weighted by Crippen LogP contribution is 2.26. The minimum absolute atomic E-state index is 0.00646. The van der Waals surface area contributed by atoms with E-state index < -0.39 is 5.97 Å². The number of urea groups is 1. The van der Waals surface area contributed by atoms with Gasteiger partial charge in [-0.2, -0.15) is 0 Å². The Morgan fingerprint density at radius 3 is 2.52 bits per heavy atom. The van der Waals surface area contributed by atoms with Gasteiger partial charge in [-0.25, -0.2) is 4.79 Å². The fraction of sp³-hybridized carbons (Fsp3) is 0.429. The molecule has 1 aromatic rings. The molecule has 7 heteroatoms. The van der Waals surface area contributed by atoms with Crippen molar-refractivity contribution >= 4 is 49.5 Å². The molecule has 5 nitrogen and oxygen atoms in total. The fourth-order valence-corrected chi connectivity index (χ4v) is 2.92. The van der Waals surface area contributed by atoms with Gasteiger partial charge in [0, 0.05) is 28.0 Å². The van der Waals surface area contributed by atoms with Gasteiger partial charge in [-0.3, -0.25) is 4.79 Å². The Hall–Kier alpha value is -1.08. The van der Waals surface area contributed by atoms with Gasteiger partial charge in [0.15, 0.2) is 0 Å². The number of carbonyl (C=O) groups is 2. The number of carboxylic acids is 1. The summed E-state index contributed by atoms with van der Waals surface area (Å²) in [5.41, 5.74) is 0.673.